The van der Waals surface area contributed by atoms with Gasteiger partial charge in [0, 0.05) is 12.1 Å². The smallest absolute Gasteiger partial charge is 0.253 e. The van der Waals surface area contributed by atoms with Gasteiger partial charge in [-0.2, -0.15) is 0 Å². The third-order valence-corrected chi connectivity index (χ3v) is 2.96. The number of nitrogen functional groups attached to an aromatic ring is 1. The molecule has 0 atom stereocenters. The van der Waals surface area contributed by atoms with Crippen molar-refractivity contribution in [3.63, 3.8) is 0 Å². The number of anilines is 2. The van der Waals surface area contributed by atoms with Crippen molar-refractivity contribution in [2.75, 3.05) is 10.6 Å². The molecule has 1 aliphatic heterocycles. The standard InChI is InChI=1S/C13H17N3O2/c1-13(2,15)12(18)16-10-5-4-9(14)7-8(10)3-6-11(16)17/h4-5,7H,3,6,14-15H2,1-2H3. The number of rotatable bonds is 1. The lowest BCUT2D eigenvalue weighted by Gasteiger charge is -2.32. The van der Waals surface area contributed by atoms with Crippen LogP contribution in [0.5, 0.6) is 0 Å². The first-order chi connectivity index (χ1) is 8.30. The van der Waals surface area contributed by atoms with Crippen molar-refractivity contribution in [2.24, 2.45) is 5.73 Å². The van der Waals surface area contributed by atoms with E-state index in [1.54, 1.807) is 32.0 Å². The molecule has 1 aromatic carbocycles. The van der Waals surface area contributed by atoms with E-state index in [-0.39, 0.29) is 5.91 Å². The summed E-state index contributed by atoms with van der Waals surface area (Å²) in [7, 11) is 0. The number of carbonyl (C=O) groups is 2. The van der Waals surface area contributed by atoms with Crippen LogP contribution >= 0.6 is 0 Å². The van der Waals surface area contributed by atoms with Crippen molar-refractivity contribution in [1.29, 1.82) is 0 Å². The highest BCUT2D eigenvalue weighted by Gasteiger charge is 2.36. The number of nitrogens with two attached hydrogens (primary N) is 2. The molecule has 18 heavy (non-hydrogen) atoms. The highest BCUT2D eigenvalue weighted by atomic mass is 16.2. The van der Waals surface area contributed by atoms with Crippen LogP contribution in [0.2, 0.25) is 0 Å². The number of hydrogen-bond donors (Lipinski definition) is 2. The average molecular weight is 247 g/mol. The first-order valence-electron chi connectivity index (χ1n) is 5.85. The summed E-state index contributed by atoms with van der Waals surface area (Å²) in [5.74, 6) is -0.603. The summed E-state index contributed by atoms with van der Waals surface area (Å²) >= 11 is 0. The van der Waals surface area contributed by atoms with Gasteiger partial charge in [0.25, 0.3) is 5.91 Å². The SMILES string of the molecule is CC(C)(N)C(=O)N1C(=O)CCc2cc(N)ccc21. The normalized spacial score (nSPS) is 15.5. The van der Waals surface area contributed by atoms with E-state index in [4.69, 9.17) is 11.5 Å². The lowest BCUT2D eigenvalue weighted by Crippen LogP contribution is -2.54. The van der Waals surface area contributed by atoms with E-state index < -0.39 is 11.4 Å². The Balaban J connectivity index is 2.49. The van der Waals surface area contributed by atoms with Crippen molar-refractivity contribution in [3.05, 3.63) is 23.8 Å². The highest BCUT2D eigenvalue weighted by Crippen LogP contribution is 2.30. The first kappa shape index (κ1) is 12.6. The Kier molecular flexibility index (Phi) is 2.86. The second-order valence-corrected chi connectivity index (χ2v) is 5.14. The number of fused-ring (bicyclic) bond motifs is 1. The van der Waals surface area contributed by atoms with E-state index in [0.717, 1.165) is 5.56 Å². The molecule has 0 saturated heterocycles. The van der Waals surface area contributed by atoms with Crippen molar-refractivity contribution < 1.29 is 9.59 Å². The van der Waals surface area contributed by atoms with Gasteiger partial charge in [-0.1, -0.05) is 0 Å². The van der Waals surface area contributed by atoms with Crippen molar-refractivity contribution >= 4 is 23.2 Å². The third kappa shape index (κ3) is 2.09. The highest BCUT2D eigenvalue weighted by molar-refractivity contribution is 6.19. The second kappa shape index (κ2) is 4.10. The van der Waals surface area contributed by atoms with Gasteiger partial charge in [0.1, 0.15) is 0 Å². The Bertz CT molecular complexity index is 517. The lowest BCUT2D eigenvalue weighted by atomic mass is 9.97. The number of carbonyl (C=O) groups excluding carboxylic acids is 2. The minimum Gasteiger partial charge on any atom is -0.399 e. The van der Waals surface area contributed by atoms with Crippen LogP contribution in [-0.2, 0) is 16.0 Å². The molecule has 0 saturated carbocycles. The van der Waals surface area contributed by atoms with Gasteiger partial charge in [0.2, 0.25) is 5.91 Å². The van der Waals surface area contributed by atoms with E-state index in [2.05, 4.69) is 0 Å². The van der Waals surface area contributed by atoms with E-state index in [1.165, 1.54) is 4.90 Å². The number of imide groups is 1. The largest absolute Gasteiger partial charge is 0.399 e. The Labute approximate surface area is 106 Å². The molecule has 1 heterocycles. The summed E-state index contributed by atoms with van der Waals surface area (Å²) in [6.07, 6.45) is 0.909. The lowest BCUT2D eigenvalue weighted by molar-refractivity contribution is -0.129. The van der Waals surface area contributed by atoms with Crippen LogP contribution in [0.1, 0.15) is 25.8 Å². The summed E-state index contributed by atoms with van der Waals surface area (Å²) in [6, 6.07) is 5.18. The van der Waals surface area contributed by atoms with Gasteiger partial charge in [-0.25, -0.2) is 4.90 Å². The number of hydrogen-bond acceptors (Lipinski definition) is 4. The molecular weight excluding hydrogens is 230 g/mol. The summed E-state index contributed by atoms with van der Waals surface area (Å²) in [5, 5.41) is 0. The molecule has 2 rings (SSSR count). The quantitative estimate of drug-likeness (QED) is 0.719. The van der Waals surface area contributed by atoms with Crippen LogP contribution in [0, 0.1) is 0 Å². The van der Waals surface area contributed by atoms with Gasteiger partial charge in [-0.15, -0.1) is 0 Å². The molecule has 4 N–H and O–H groups in total. The van der Waals surface area contributed by atoms with Crippen LogP contribution in [-0.4, -0.2) is 17.4 Å². The molecule has 0 fully saturated rings. The van der Waals surface area contributed by atoms with Crippen LogP contribution < -0.4 is 16.4 Å². The minimum atomic E-state index is -1.08. The van der Waals surface area contributed by atoms with Gasteiger partial charge < -0.3 is 11.5 Å². The van der Waals surface area contributed by atoms with Crippen molar-refractivity contribution in [3.8, 4) is 0 Å². The Morgan fingerprint density at radius 1 is 1.33 bits per heavy atom. The molecule has 0 unspecified atom stereocenters. The number of benzene rings is 1. The third-order valence-electron chi connectivity index (χ3n) is 2.96. The second-order valence-electron chi connectivity index (χ2n) is 5.14. The van der Waals surface area contributed by atoms with E-state index >= 15 is 0 Å². The molecule has 0 radical (unpaired) electrons. The predicted octanol–water partition coefficient (Wildman–Crippen LogP) is 0.812. The topological polar surface area (TPSA) is 89.4 Å². The fraction of sp³-hybridized carbons (Fsp3) is 0.385. The minimum absolute atomic E-state index is 0.212. The number of amides is 2. The van der Waals surface area contributed by atoms with Gasteiger partial charge in [0.15, 0.2) is 0 Å². The van der Waals surface area contributed by atoms with Crippen LogP contribution in [0.3, 0.4) is 0 Å². The molecule has 5 nitrogen and oxygen atoms in total. The summed E-state index contributed by atoms with van der Waals surface area (Å²) < 4.78 is 0. The van der Waals surface area contributed by atoms with Gasteiger partial charge >= 0.3 is 0 Å². The number of nitrogens with zero attached hydrogens (tertiary/aromatic N) is 1. The molecule has 1 aliphatic rings. The zero-order valence-corrected chi connectivity index (χ0v) is 10.6. The molecule has 5 heteroatoms. The maximum atomic E-state index is 12.2. The van der Waals surface area contributed by atoms with Gasteiger partial charge in [-0.05, 0) is 44.0 Å². The molecule has 0 aromatic heterocycles. The van der Waals surface area contributed by atoms with Gasteiger partial charge in [-0.3, -0.25) is 9.59 Å². The molecule has 0 bridgehead atoms. The molecule has 2 amide bonds. The molecule has 0 spiro atoms. The molecule has 1 aromatic rings. The fourth-order valence-corrected chi connectivity index (χ4v) is 2.02. The number of aryl methyl sites for hydroxylation is 1. The van der Waals surface area contributed by atoms with E-state index in [9.17, 15) is 9.59 Å². The van der Waals surface area contributed by atoms with Crippen LogP contribution in [0.25, 0.3) is 0 Å². The van der Waals surface area contributed by atoms with E-state index in [1.807, 2.05) is 0 Å². The maximum Gasteiger partial charge on any atom is 0.253 e. The summed E-state index contributed by atoms with van der Waals surface area (Å²) in [6.45, 7) is 3.18. The molecular formula is C13H17N3O2. The maximum absolute atomic E-state index is 12.2. The first-order valence-corrected chi connectivity index (χ1v) is 5.85. The zero-order valence-electron chi connectivity index (χ0n) is 10.6. The van der Waals surface area contributed by atoms with E-state index in [0.29, 0.717) is 24.2 Å². The predicted molar refractivity (Wildman–Crippen MR) is 69.9 cm³/mol. The Morgan fingerprint density at radius 2 is 2.00 bits per heavy atom. The molecule has 0 aliphatic carbocycles. The van der Waals surface area contributed by atoms with Crippen LogP contribution in [0.15, 0.2) is 18.2 Å². The summed E-state index contributed by atoms with van der Waals surface area (Å²) in [5.41, 5.74) is 12.6. The summed E-state index contributed by atoms with van der Waals surface area (Å²) in [4.78, 5) is 25.4. The Hall–Kier alpha value is -1.88. The van der Waals surface area contributed by atoms with Crippen molar-refractivity contribution in [1.82, 2.24) is 0 Å². The fourth-order valence-electron chi connectivity index (χ4n) is 2.02. The molecule has 96 valence electrons. The van der Waals surface area contributed by atoms with Crippen LogP contribution in [0.4, 0.5) is 11.4 Å². The van der Waals surface area contributed by atoms with Gasteiger partial charge in [0.05, 0.1) is 11.2 Å². The van der Waals surface area contributed by atoms with Crippen molar-refractivity contribution in [2.45, 2.75) is 32.2 Å². The monoisotopic (exact) mass is 247 g/mol. The zero-order chi connectivity index (χ0) is 13.5. The Morgan fingerprint density at radius 3 is 2.61 bits per heavy atom. The average Bonchev–Trinajstić information content (AvgIpc) is 2.27.